The van der Waals surface area contributed by atoms with Gasteiger partial charge in [-0.25, -0.2) is 0 Å². The molecule has 0 spiro atoms. The highest BCUT2D eigenvalue weighted by Gasteiger charge is 2.32. The second-order valence-electron chi connectivity index (χ2n) is 3.51. The maximum atomic E-state index is 5.88. The summed E-state index contributed by atoms with van der Waals surface area (Å²) in [6.45, 7) is 5.57. The molecule has 0 aliphatic carbocycles. The second-order valence-corrected chi connectivity index (χ2v) is 7.69. The van der Waals surface area contributed by atoms with E-state index in [1.165, 1.54) is 31.4 Å². The molecule has 0 saturated carbocycles. The zero-order valence-corrected chi connectivity index (χ0v) is 8.15. The molecule has 0 atom stereocenters. The lowest BCUT2D eigenvalue weighted by molar-refractivity contribution is 0.306. The molecular formula is C8H18OSi. The molecule has 0 aromatic rings. The predicted octanol–water partition coefficient (Wildman–Crippen LogP) is 2.78. The van der Waals surface area contributed by atoms with E-state index in [0.717, 1.165) is 6.61 Å². The molecule has 0 radical (unpaired) electrons. The summed E-state index contributed by atoms with van der Waals surface area (Å²) in [5, 5.41) is 0. The first-order chi connectivity index (χ1) is 4.77. The molecule has 0 N–H and O–H groups in total. The van der Waals surface area contributed by atoms with E-state index in [-0.39, 0.29) is 0 Å². The van der Waals surface area contributed by atoms with E-state index in [0.29, 0.717) is 0 Å². The summed E-state index contributed by atoms with van der Waals surface area (Å²) >= 11 is 0. The summed E-state index contributed by atoms with van der Waals surface area (Å²) in [5.74, 6) is 0. The maximum absolute atomic E-state index is 5.88. The monoisotopic (exact) mass is 158 g/mol. The van der Waals surface area contributed by atoms with Crippen molar-refractivity contribution in [1.82, 2.24) is 0 Å². The molecular weight excluding hydrogens is 140 g/mol. The highest BCUT2D eigenvalue weighted by molar-refractivity contribution is 6.73. The molecule has 0 amide bonds. The molecule has 1 fully saturated rings. The van der Waals surface area contributed by atoms with Gasteiger partial charge in [-0.2, -0.15) is 0 Å². The van der Waals surface area contributed by atoms with E-state index >= 15 is 0 Å². The first-order valence-corrected chi connectivity index (χ1v) is 7.23. The Labute approximate surface area is 64.9 Å². The Morgan fingerprint density at radius 2 is 1.90 bits per heavy atom. The molecule has 1 nitrogen and oxygen atoms in total. The minimum atomic E-state index is -1.11. The van der Waals surface area contributed by atoms with Crippen LogP contribution in [0.1, 0.15) is 26.2 Å². The molecule has 0 aromatic carbocycles. The van der Waals surface area contributed by atoms with Gasteiger partial charge in [0, 0.05) is 6.61 Å². The Morgan fingerprint density at radius 1 is 1.30 bits per heavy atom. The van der Waals surface area contributed by atoms with E-state index in [1.54, 1.807) is 0 Å². The average molecular weight is 158 g/mol. The van der Waals surface area contributed by atoms with Crippen molar-refractivity contribution in [3.8, 4) is 0 Å². The Bertz CT molecular complexity index is 97.4. The van der Waals surface area contributed by atoms with Crippen LogP contribution >= 0.6 is 0 Å². The molecule has 1 saturated heterocycles. The summed E-state index contributed by atoms with van der Waals surface area (Å²) in [4.78, 5) is 0. The van der Waals surface area contributed by atoms with E-state index in [9.17, 15) is 0 Å². The Hall–Kier alpha value is 0.177. The average Bonchev–Trinajstić information content (AvgIpc) is 2.33. The molecule has 1 rings (SSSR count). The van der Waals surface area contributed by atoms with Crippen LogP contribution in [-0.2, 0) is 4.43 Å². The molecule has 1 aliphatic rings. The van der Waals surface area contributed by atoms with Gasteiger partial charge in [0.2, 0.25) is 0 Å². The normalized spacial score (nSPS) is 23.4. The molecule has 1 aliphatic heterocycles. The van der Waals surface area contributed by atoms with Gasteiger partial charge >= 0.3 is 0 Å². The Morgan fingerprint density at radius 3 is 2.40 bits per heavy atom. The summed E-state index contributed by atoms with van der Waals surface area (Å²) < 4.78 is 5.88. The van der Waals surface area contributed by atoms with Crippen LogP contribution in [0.25, 0.3) is 0 Å². The first kappa shape index (κ1) is 8.28. The van der Waals surface area contributed by atoms with Crippen molar-refractivity contribution < 1.29 is 4.43 Å². The summed E-state index contributed by atoms with van der Waals surface area (Å²) in [6, 6.07) is 2.82. The van der Waals surface area contributed by atoms with Gasteiger partial charge in [-0.05, 0) is 25.1 Å². The van der Waals surface area contributed by atoms with Gasteiger partial charge in [0.15, 0.2) is 8.32 Å². The molecule has 1 heterocycles. The van der Waals surface area contributed by atoms with Crippen molar-refractivity contribution in [1.29, 1.82) is 0 Å². The first-order valence-electron chi connectivity index (χ1n) is 4.41. The van der Waals surface area contributed by atoms with E-state index in [2.05, 4.69) is 13.5 Å². The minimum Gasteiger partial charge on any atom is -0.417 e. The van der Waals surface area contributed by atoms with E-state index in [1.807, 2.05) is 0 Å². The van der Waals surface area contributed by atoms with Crippen LogP contribution in [0, 0.1) is 0 Å². The van der Waals surface area contributed by atoms with Gasteiger partial charge in [0.1, 0.15) is 0 Å². The summed E-state index contributed by atoms with van der Waals surface area (Å²) in [7, 11) is -1.11. The topological polar surface area (TPSA) is 9.23 Å². The van der Waals surface area contributed by atoms with Crippen LogP contribution in [0.2, 0.25) is 18.6 Å². The van der Waals surface area contributed by atoms with Gasteiger partial charge in [-0.1, -0.05) is 19.8 Å². The Balaban J connectivity index is 2.22. The van der Waals surface area contributed by atoms with Crippen molar-refractivity contribution in [2.75, 3.05) is 6.61 Å². The van der Waals surface area contributed by atoms with E-state index < -0.39 is 8.32 Å². The molecule has 10 heavy (non-hydrogen) atoms. The fourth-order valence-corrected chi connectivity index (χ4v) is 4.85. The molecule has 60 valence electrons. The SMILES string of the molecule is CCCO[Si]1(C)CCCC1. The van der Waals surface area contributed by atoms with Crippen LogP contribution < -0.4 is 0 Å². The van der Waals surface area contributed by atoms with Crippen LogP contribution in [0.4, 0.5) is 0 Å². The van der Waals surface area contributed by atoms with Crippen molar-refractivity contribution in [2.45, 2.75) is 44.8 Å². The smallest absolute Gasteiger partial charge is 0.189 e. The number of hydrogen-bond donors (Lipinski definition) is 0. The molecule has 0 unspecified atom stereocenters. The van der Waals surface area contributed by atoms with Crippen LogP contribution in [-0.4, -0.2) is 14.9 Å². The van der Waals surface area contributed by atoms with Crippen molar-refractivity contribution in [3.63, 3.8) is 0 Å². The van der Waals surface area contributed by atoms with Crippen LogP contribution in [0.3, 0.4) is 0 Å². The third-order valence-corrected chi connectivity index (χ3v) is 6.04. The van der Waals surface area contributed by atoms with Gasteiger partial charge < -0.3 is 4.43 Å². The lowest BCUT2D eigenvalue weighted by Gasteiger charge is -2.20. The van der Waals surface area contributed by atoms with E-state index in [4.69, 9.17) is 4.43 Å². The largest absolute Gasteiger partial charge is 0.417 e. The van der Waals surface area contributed by atoms with Gasteiger partial charge in [0.25, 0.3) is 0 Å². The third kappa shape index (κ3) is 2.10. The maximum Gasteiger partial charge on any atom is 0.189 e. The Kier molecular flexibility index (Phi) is 2.92. The highest BCUT2D eigenvalue weighted by atomic mass is 28.4. The molecule has 2 heteroatoms. The van der Waals surface area contributed by atoms with Crippen molar-refractivity contribution >= 4 is 8.32 Å². The fourth-order valence-electron chi connectivity index (χ4n) is 1.62. The zero-order valence-electron chi connectivity index (χ0n) is 7.15. The predicted molar refractivity (Wildman–Crippen MR) is 46.7 cm³/mol. The molecule has 0 bridgehead atoms. The third-order valence-electron chi connectivity index (χ3n) is 2.32. The van der Waals surface area contributed by atoms with Crippen LogP contribution in [0.5, 0.6) is 0 Å². The van der Waals surface area contributed by atoms with Gasteiger partial charge in [0.05, 0.1) is 0 Å². The van der Waals surface area contributed by atoms with Crippen molar-refractivity contribution in [2.24, 2.45) is 0 Å². The zero-order chi connectivity index (χ0) is 7.45. The van der Waals surface area contributed by atoms with Crippen molar-refractivity contribution in [3.05, 3.63) is 0 Å². The fraction of sp³-hybridized carbons (Fsp3) is 1.00. The quantitative estimate of drug-likeness (QED) is 0.574. The lowest BCUT2D eigenvalue weighted by atomic mass is 10.4. The van der Waals surface area contributed by atoms with Crippen LogP contribution in [0.15, 0.2) is 0 Å². The number of rotatable bonds is 3. The second kappa shape index (κ2) is 3.53. The minimum absolute atomic E-state index is 1.00. The van der Waals surface area contributed by atoms with Gasteiger partial charge in [-0.3, -0.25) is 0 Å². The summed E-state index contributed by atoms with van der Waals surface area (Å²) in [6.07, 6.45) is 4.03. The summed E-state index contributed by atoms with van der Waals surface area (Å²) in [5.41, 5.74) is 0. The number of hydrogen-bond acceptors (Lipinski definition) is 1. The van der Waals surface area contributed by atoms with Gasteiger partial charge in [-0.15, -0.1) is 0 Å². The highest BCUT2D eigenvalue weighted by Crippen LogP contribution is 2.30. The molecule has 0 aromatic heterocycles. The lowest BCUT2D eigenvalue weighted by Crippen LogP contribution is -2.30. The standard InChI is InChI=1S/C8H18OSi/c1-3-6-9-10(2)7-4-5-8-10/h3-8H2,1-2H3.